The second kappa shape index (κ2) is 6.83. The van der Waals surface area contributed by atoms with Gasteiger partial charge in [0.2, 0.25) is 0 Å². The topological polar surface area (TPSA) is 64.3 Å². The highest BCUT2D eigenvalue weighted by molar-refractivity contribution is 7.07. The number of carbonyl (C=O) groups excluding carboxylic acids is 1. The Morgan fingerprint density at radius 3 is 2.90 bits per heavy atom. The van der Waals surface area contributed by atoms with E-state index in [9.17, 15) is 4.79 Å². The first kappa shape index (κ1) is 15.7. The summed E-state index contributed by atoms with van der Waals surface area (Å²) in [6, 6.07) is 5.38. The van der Waals surface area contributed by atoms with E-state index in [0.717, 1.165) is 6.42 Å². The van der Waals surface area contributed by atoms with Gasteiger partial charge in [-0.05, 0) is 47.9 Å². The molecule has 0 fully saturated rings. The molecule has 2 rings (SSSR count). The number of nitrogens with two attached hydrogens (primary N) is 1. The van der Waals surface area contributed by atoms with Crippen LogP contribution in [0, 0.1) is 0 Å². The first-order chi connectivity index (χ1) is 10.0. The number of thiophene rings is 1. The molecule has 1 aromatic carbocycles. The van der Waals surface area contributed by atoms with Gasteiger partial charge in [0, 0.05) is 11.7 Å². The molecule has 1 aromatic heterocycles. The number of methoxy groups -OCH3 is 1. The van der Waals surface area contributed by atoms with Crippen LogP contribution >= 0.6 is 22.9 Å². The van der Waals surface area contributed by atoms with E-state index in [0.29, 0.717) is 22.0 Å². The third-order valence-electron chi connectivity index (χ3n) is 3.03. The summed E-state index contributed by atoms with van der Waals surface area (Å²) in [5.41, 5.74) is 8.31. The van der Waals surface area contributed by atoms with Crippen LogP contribution in [0.1, 0.15) is 22.8 Å². The van der Waals surface area contributed by atoms with E-state index in [1.54, 1.807) is 23.5 Å². The lowest BCUT2D eigenvalue weighted by atomic mass is 10.1. The zero-order chi connectivity index (χ0) is 15.4. The van der Waals surface area contributed by atoms with Crippen LogP contribution in [-0.4, -0.2) is 19.1 Å². The minimum Gasteiger partial charge on any atom is -0.465 e. The molecule has 21 heavy (non-hydrogen) atoms. The van der Waals surface area contributed by atoms with E-state index in [1.807, 2.05) is 12.3 Å². The van der Waals surface area contributed by atoms with Crippen LogP contribution in [0.25, 0.3) is 0 Å². The highest BCUT2D eigenvalue weighted by Gasteiger charge is 2.18. The number of carbonyl (C=O) groups is 1. The summed E-state index contributed by atoms with van der Waals surface area (Å²) >= 11 is 7.87. The van der Waals surface area contributed by atoms with Crippen molar-refractivity contribution in [3.8, 4) is 0 Å². The standard InChI is InChI=1S/C15H17ClN2O2S/c1-9(5-10-3-4-21-8-10)18-14-12(15(19)20-2)6-11(17)7-13(14)16/h3-4,6-9,18H,5,17H2,1-2H3. The minimum atomic E-state index is -0.463. The maximum atomic E-state index is 11.9. The van der Waals surface area contributed by atoms with Crippen LogP contribution in [-0.2, 0) is 11.2 Å². The zero-order valence-electron chi connectivity index (χ0n) is 11.9. The number of hydrogen-bond donors (Lipinski definition) is 2. The number of hydrogen-bond acceptors (Lipinski definition) is 5. The molecule has 0 aliphatic heterocycles. The molecule has 0 aliphatic carbocycles. The smallest absolute Gasteiger partial charge is 0.340 e. The van der Waals surface area contributed by atoms with Gasteiger partial charge in [0.15, 0.2) is 0 Å². The predicted octanol–water partition coefficient (Wildman–Crippen LogP) is 3.81. The van der Waals surface area contributed by atoms with Crippen molar-refractivity contribution >= 4 is 40.3 Å². The lowest BCUT2D eigenvalue weighted by Gasteiger charge is -2.19. The maximum absolute atomic E-state index is 11.9. The molecule has 6 heteroatoms. The van der Waals surface area contributed by atoms with Gasteiger partial charge < -0.3 is 15.8 Å². The SMILES string of the molecule is COC(=O)c1cc(N)cc(Cl)c1NC(C)Cc1ccsc1. The van der Waals surface area contributed by atoms with Crippen LogP contribution in [0.3, 0.4) is 0 Å². The number of esters is 1. The summed E-state index contributed by atoms with van der Waals surface area (Å²) in [4.78, 5) is 11.9. The first-order valence-electron chi connectivity index (χ1n) is 6.46. The molecular weight excluding hydrogens is 308 g/mol. The van der Waals surface area contributed by atoms with Crippen molar-refractivity contribution < 1.29 is 9.53 Å². The van der Waals surface area contributed by atoms with Crippen LogP contribution in [0.5, 0.6) is 0 Å². The van der Waals surface area contributed by atoms with Gasteiger partial charge in [0.1, 0.15) is 0 Å². The van der Waals surface area contributed by atoms with Gasteiger partial charge in [-0.25, -0.2) is 4.79 Å². The largest absolute Gasteiger partial charge is 0.465 e. The molecule has 0 radical (unpaired) electrons. The van der Waals surface area contributed by atoms with Crippen molar-refractivity contribution in [2.24, 2.45) is 0 Å². The van der Waals surface area contributed by atoms with Gasteiger partial charge in [-0.3, -0.25) is 0 Å². The highest BCUT2D eigenvalue weighted by atomic mass is 35.5. The number of halogens is 1. The first-order valence-corrected chi connectivity index (χ1v) is 7.78. The molecule has 3 N–H and O–H groups in total. The van der Waals surface area contributed by atoms with Gasteiger partial charge >= 0.3 is 5.97 Å². The number of rotatable bonds is 5. The van der Waals surface area contributed by atoms with Gasteiger partial charge in [-0.1, -0.05) is 11.6 Å². The fourth-order valence-electron chi connectivity index (χ4n) is 2.11. The second-order valence-corrected chi connectivity index (χ2v) is 5.99. The Hall–Kier alpha value is -1.72. The number of ether oxygens (including phenoxy) is 1. The Bertz CT molecular complexity index is 629. The van der Waals surface area contributed by atoms with Gasteiger partial charge in [0.25, 0.3) is 0 Å². The average molecular weight is 325 g/mol. The molecule has 0 aliphatic rings. The molecule has 0 amide bonds. The van der Waals surface area contributed by atoms with E-state index in [2.05, 4.69) is 16.8 Å². The number of nitrogens with one attached hydrogen (secondary N) is 1. The summed E-state index contributed by atoms with van der Waals surface area (Å²) in [7, 11) is 1.33. The Balaban J connectivity index is 2.23. The molecule has 0 bridgehead atoms. The Morgan fingerprint density at radius 1 is 1.52 bits per heavy atom. The van der Waals surface area contributed by atoms with Crippen molar-refractivity contribution in [2.75, 3.05) is 18.2 Å². The fraction of sp³-hybridized carbons (Fsp3) is 0.267. The Labute approximate surface area is 132 Å². The highest BCUT2D eigenvalue weighted by Crippen LogP contribution is 2.30. The van der Waals surface area contributed by atoms with E-state index in [1.165, 1.54) is 12.7 Å². The quantitative estimate of drug-likeness (QED) is 0.648. The molecule has 1 heterocycles. The van der Waals surface area contributed by atoms with E-state index in [4.69, 9.17) is 22.1 Å². The number of nitrogen functional groups attached to an aromatic ring is 1. The number of benzene rings is 1. The normalized spacial score (nSPS) is 12.0. The molecule has 0 saturated carbocycles. The van der Waals surface area contributed by atoms with E-state index in [-0.39, 0.29) is 6.04 Å². The third kappa shape index (κ3) is 3.89. The molecule has 1 atom stereocenters. The Morgan fingerprint density at radius 2 is 2.29 bits per heavy atom. The van der Waals surface area contributed by atoms with Crippen LogP contribution in [0.15, 0.2) is 29.0 Å². The van der Waals surface area contributed by atoms with Crippen LogP contribution in [0.4, 0.5) is 11.4 Å². The van der Waals surface area contributed by atoms with E-state index >= 15 is 0 Å². The van der Waals surface area contributed by atoms with Crippen molar-refractivity contribution in [3.63, 3.8) is 0 Å². The van der Waals surface area contributed by atoms with Crippen molar-refractivity contribution in [1.29, 1.82) is 0 Å². The summed E-state index contributed by atoms with van der Waals surface area (Å²) < 4.78 is 4.78. The Kier molecular flexibility index (Phi) is 5.09. The molecule has 2 aromatic rings. The van der Waals surface area contributed by atoms with Crippen molar-refractivity contribution in [1.82, 2.24) is 0 Å². The maximum Gasteiger partial charge on any atom is 0.340 e. The summed E-state index contributed by atoms with van der Waals surface area (Å²) in [6.45, 7) is 2.03. The van der Waals surface area contributed by atoms with Crippen molar-refractivity contribution in [3.05, 3.63) is 45.1 Å². The molecule has 1 unspecified atom stereocenters. The summed E-state index contributed by atoms with van der Waals surface area (Å²) in [5, 5.41) is 7.83. The van der Waals surface area contributed by atoms with E-state index < -0.39 is 5.97 Å². The fourth-order valence-corrected chi connectivity index (χ4v) is 3.07. The lowest BCUT2D eigenvalue weighted by molar-refractivity contribution is 0.0602. The van der Waals surface area contributed by atoms with Crippen LogP contribution < -0.4 is 11.1 Å². The number of anilines is 2. The van der Waals surface area contributed by atoms with Crippen LogP contribution in [0.2, 0.25) is 5.02 Å². The van der Waals surface area contributed by atoms with Gasteiger partial charge in [-0.15, -0.1) is 0 Å². The zero-order valence-corrected chi connectivity index (χ0v) is 13.4. The van der Waals surface area contributed by atoms with Crippen molar-refractivity contribution in [2.45, 2.75) is 19.4 Å². The monoisotopic (exact) mass is 324 g/mol. The second-order valence-electron chi connectivity index (χ2n) is 4.80. The molecular formula is C15H17ClN2O2S. The molecule has 0 saturated heterocycles. The average Bonchev–Trinajstić information content (AvgIpc) is 2.93. The third-order valence-corrected chi connectivity index (χ3v) is 4.06. The lowest BCUT2D eigenvalue weighted by Crippen LogP contribution is -2.20. The molecule has 4 nitrogen and oxygen atoms in total. The minimum absolute atomic E-state index is 0.115. The van der Waals surface area contributed by atoms with Gasteiger partial charge in [0.05, 0.1) is 23.4 Å². The summed E-state index contributed by atoms with van der Waals surface area (Å²) in [5.74, 6) is -0.463. The van der Waals surface area contributed by atoms with Gasteiger partial charge in [-0.2, -0.15) is 11.3 Å². The molecule has 0 spiro atoms. The summed E-state index contributed by atoms with van der Waals surface area (Å²) in [6.07, 6.45) is 0.838. The predicted molar refractivity (Wildman–Crippen MR) is 88.3 cm³/mol. The molecule has 112 valence electrons.